The van der Waals surface area contributed by atoms with Crippen LogP contribution in [0.25, 0.3) is 0 Å². The molecule has 0 saturated heterocycles. The summed E-state index contributed by atoms with van der Waals surface area (Å²) in [5, 5.41) is 2.57. The van der Waals surface area contributed by atoms with Gasteiger partial charge < -0.3 is 20.5 Å². The van der Waals surface area contributed by atoms with E-state index in [4.69, 9.17) is 10.5 Å². The lowest BCUT2D eigenvalue weighted by atomic mass is 10.0. The van der Waals surface area contributed by atoms with Crippen molar-refractivity contribution in [3.8, 4) is 0 Å². The van der Waals surface area contributed by atoms with Crippen LogP contribution in [0.5, 0.6) is 0 Å². The van der Waals surface area contributed by atoms with Crippen LogP contribution in [0, 0.1) is 0 Å². The van der Waals surface area contributed by atoms with E-state index in [-0.39, 0.29) is 24.9 Å². The van der Waals surface area contributed by atoms with E-state index in [1.165, 1.54) is 14.2 Å². The lowest BCUT2D eigenvalue weighted by molar-refractivity contribution is -0.152. The largest absolute Gasteiger partial charge is 0.467 e. The summed E-state index contributed by atoms with van der Waals surface area (Å²) in [6.07, 6.45) is 1.36. The molecule has 0 aromatic rings. The molecular formula is C11H23ClN2O4. The second kappa shape index (κ2) is 9.13. The number of nitrogens with two attached hydrogens (primary N) is 1. The topological polar surface area (TPSA) is 90.7 Å². The van der Waals surface area contributed by atoms with Gasteiger partial charge in [0, 0.05) is 7.11 Å². The Morgan fingerprint density at radius 2 is 1.94 bits per heavy atom. The van der Waals surface area contributed by atoms with Crippen molar-refractivity contribution in [1.82, 2.24) is 5.32 Å². The van der Waals surface area contributed by atoms with Crippen LogP contribution in [0.2, 0.25) is 0 Å². The number of rotatable bonds is 7. The first kappa shape index (κ1) is 19.5. The fraction of sp³-hybridized carbons (Fsp3) is 0.818. The molecule has 108 valence electrons. The summed E-state index contributed by atoms with van der Waals surface area (Å²) in [5.74, 6) is -0.937. The Hall–Kier alpha value is -0.850. The standard InChI is InChI=1S/C11H22N2O4.ClH/c1-5-6-8(12)9(14)13-11(2,7-16-3)10(15)17-4;/h8H,5-7,12H2,1-4H3,(H,13,14);1H. The smallest absolute Gasteiger partial charge is 0.333 e. The minimum Gasteiger partial charge on any atom is -0.467 e. The summed E-state index contributed by atoms with van der Waals surface area (Å²) < 4.78 is 9.55. The highest BCUT2D eigenvalue weighted by Crippen LogP contribution is 2.08. The first-order chi connectivity index (χ1) is 7.91. The zero-order valence-corrected chi connectivity index (χ0v) is 12.1. The molecule has 0 rings (SSSR count). The maximum absolute atomic E-state index is 11.7. The molecule has 1 amide bonds. The molecule has 0 aliphatic heterocycles. The quantitative estimate of drug-likeness (QED) is 0.652. The van der Waals surface area contributed by atoms with Gasteiger partial charge in [0.15, 0.2) is 5.54 Å². The van der Waals surface area contributed by atoms with Crippen LogP contribution in [0.4, 0.5) is 0 Å². The Balaban J connectivity index is 0. The average Bonchev–Trinajstić information content (AvgIpc) is 2.28. The summed E-state index contributed by atoms with van der Waals surface area (Å²) in [6.45, 7) is 3.50. The highest BCUT2D eigenvalue weighted by Gasteiger charge is 2.37. The third-order valence-electron chi connectivity index (χ3n) is 2.40. The van der Waals surface area contributed by atoms with Crippen LogP contribution in [-0.2, 0) is 19.1 Å². The normalized spacial score (nSPS) is 14.9. The van der Waals surface area contributed by atoms with Crippen molar-refractivity contribution in [3.05, 3.63) is 0 Å². The van der Waals surface area contributed by atoms with E-state index in [2.05, 4.69) is 10.1 Å². The first-order valence-corrected chi connectivity index (χ1v) is 5.56. The molecule has 7 heteroatoms. The van der Waals surface area contributed by atoms with Crippen molar-refractivity contribution in [2.75, 3.05) is 20.8 Å². The van der Waals surface area contributed by atoms with Crippen molar-refractivity contribution in [3.63, 3.8) is 0 Å². The van der Waals surface area contributed by atoms with Crippen molar-refractivity contribution in [1.29, 1.82) is 0 Å². The van der Waals surface area contributed by atoms with Gasteiger partial charge in [-0.3, -0.25) is 4.79 Å². The fourth-order valence-corrected chi connectivity index (χ4v) is 1.47. The molecule has 0 aromatic heterocycles. The van der Waals surface area contributed by atoms with Crippen molar-refractivity contribution >= 4 is 24.3 Å². The van der Waals surface area contributed by atoms with Crippen molar-refractivity contribution < 1.29 is 19.1 Å². The van der Waals surface area contributed by atoms with Crippen LogP contribution in [0.15, 0.2) is 0 Å². The van der Waals surface area contributed by atoms with Gasteiger partial charge in [-0.1, -0.05) is 13.3 Å². The lowest BCUT2D eigenvalue weighted by Gasteiger charge is -2.28. The molecule has 0 spiro atoms. The van der Waals surface area contributed by atoms with E-state index in [0.717, 1.165) is 6.42 Å². The van der Waals surface area contributed by atoms with Crippen LogP contribution in [-0.4, -0.2) is 44.3 Å². The van der Waals surface area contributed by atoms with E-state index < -0.39 is 17.6 Å². The molecule has 6 nitrogen and oxygen atoms in total. The van der Waals surface area contributed by atoms with Gasteiger partial charge in [0.05, 0.1) is 19.8 Å². The monoisotopic (exact) mass is 282 g/mol. The number of esters is 1. The van der Waals surface area contributed by atoms with Gasteiger partial charge in [0.1, 0.15) is 0 Å². The number of methoxy groups -OCH3 is 2. The molecule has 0 saturated carbocycles. The first-order valence-electron chi connectivity index (χ1n) is 5.56. The summed E-state index contributed by atoms with van der Waals surface area (Å²) >= 11 is 0. The molecule has 18 heavy (non-hydrogen) atoms. The van der Waals surface area contributed by atoms with Gasteiger partial charge >= 0.3 is 5.97 Å². The van der Waals surface area contributed by atoms with Crippen LogP contribution < -0.4 is 11.1 Å². The average molecular weight is 283 g/mol. The molecule has 2 unspecified atom stereocenters. The molecule has 0 aliphatic carbocycles. The zero-order valence-electron chi connectivity index (χ0n) is 11.3. The predicted molar refractivity (Wildman–Crippen MR) is 70.6 cm³/mol. The van der Waals surface area contributed by atoms with E-state index in [0.29, 0.717) is 6.42 Å². The van der Waals surface area contributed by atoms with Crippen LogP contribution >= 0.6 is 12.4 Å². The van der Waals surface area contributed by atoms with E-state index in [1.807, 2.05) is 6.92 Å². The number of ether oxygens (including phenoxy) is 2. The Bertz CT molecular complexity index is 276. The van der Waals surface area contributed by atoms with Crippen LogP contribution in [0.3, 0.4) is 0 Å². The highest BCUT2D eigenvalue weighted by molar-refractivity contribution is 5.90. The minimum absolute atomic E-state index is 0. The molecule has 0 fully saturated rings. The number of amides is 1. The summed E-state index contributed by atoms with van der Waals surface area (Å²) in [6, 6.07) is -0.624. The second-order valence-electron chi connectivity index (χ2n) is 4.14. The summed E-state index contributed by atoms with van der Waals surface area (Å²) in [5.41, 5.74) is 4.47. The molecule has 0 heterocycles. The Morgan fingerprint density at radius 1 is 1.39 bits per heavy atom. The molecule has 0 aromatic carbocycles. The number of halogens is 1. The predicted octanol–water partition coefficient (Wildman–Crippen LogP) is 0.230. The Labute approximate surface area is 114 Å². The van der Waals surface area contributed by atoms with Crippen molar-refractivity contribution in [2.45, 2.75) is 38.3 Å². The molecule has 0 bridgehead atoms. The number of carbonyl (C=O) groups is 2. The summed E-state index contributed by atoms with van der Waals surface area (Å²) in [4.78, 5) is 23.3. The molecule has 0 aliphatic rings. The van der Waals surface area contributed by atoms with Gasteiger partial charge in [-0.2, -0.15) is 0 Å². The molecule has 2 atom stereocenters. The third-order valence-corrected chi connectivity index (χ3v) is 2.40. The van der Waals surface area contributed by atoms with Crippen molar-refractivity contribution in [2.24, 2.45) is 5.73 Å². The van der Waals surface area contributed by atoms with Gasteiger partial charge in [-0.25, -0.2) is 4.79 Å². The molecular weight excluding hydrogens is 260 g/mol. The third kappa shape index (κ3) is 5.66. The van der Waals surface area contributed by atoms with Gasteiger partial charge in [0.2, 0.25) is 5.91 Å². The van der Waals surface area contributed by atoms with E-state index >= 15 is 0 Å². The Morgan fingerprint density at radius 3 is 2.33 bits per heavy atom. The fourth-order valence-electron chi connectivity index (χ4n) is 1.47. The zero-order chi connectivity index (χ0) is 13.5. The maximum Gasteiger partial charge on any atom is 0.333 e. The highest BCUT2D eigenvalue weighted by atomic mass is 35.5. The van der Waals surface area contributed by atoms with Gasteiger partial charge in [-0.15, -0.1) is 12.4 Å². The van der Waals surface area contributed by atoms with Gasteiger partial charge in [0.25, 0.3) is 0 Å². The SMILES string of the molecule is CCCC(N)C(=O)NC(C)(COC)C(=O)OC.Cl. The van der Waals surface area contributed by atoms with Crippen LogP contribution in [0.1, 0.15) is 26.7 Å². The number of carbonyl (C=O) groups excluding carboxylic acids is 2. The molecule has 3 N–H and O–H groups in total. The van der Waals surface area contributed by atoms with E-state index in [1.54, 1.807) is 6.92 Å². The number of nitrogens with one attached hydrogen (secondary N) is 1. The lowest BCUT2D eigenvalue weighted by Crippen LogP contribution is -2.59. The second-order valence-corrected chi connectivity index (χ2v) is 4.14. The minimum atomic E-state index is -1.20. The number of hydrogen-bond donors (Lipinski definition) is 2. The molecule has 0 radical (unpaired) electrons. The van der Waals surface area contributed by atoms with Gasteiger partial charge in [-0.05, 0) is 13.3 Å². The Kier molecular flexibility index (Phi) is 9.88. The van der Waals surface area contributed by atoms with E-state index in [9.17, 15) is 9.59 Å². The maximum atomic E-state index is 11.7. The number of hydrogen-bond acceptors (Lipinski definition) is 5. The summed E-state index contributed by atoms with van der Waals surface area (Å²) in [7, 11) is 2.70.